The summed E-state index contributed by atoms with van der Waals surface area (Å²) in [6, 6.07) is 5.18. The normalized spacial score (nSPS) is 15.8. The lowest BCUT2D eigenvalue weighted by Crippen LogP contribution is -2.25. The number of nitrogens with two attached hydrogens (primary N) is 1. The first-order valence-electron chi connectivity index (χ1n) is 6.16. The Kier molecular flexibility index (Phi) is 4.44. The molecule has 98 valence electrons. The Morgan fingerprint density at radius 1 is 1.39 bits per heavy atom. The number of rotatable bonds is 5. The molecule has 1 aliphatic rings. The summed E-state index contributed by atoms with van der Waals surface area (Å²) >= 11 is 6.08. The van der Waals surface area contributed by atoms with Gasteiger partial charge in [-0.2, -0.15) is 0 Å². The first kappa shape index (κ1) is 13.2. The van der Waals surface area contributed by atoms with E-state index in [1.165, 1.54) is 25.9 Å². The fourth-order valence-electron chi connectivity index (χ4n) is 2.08. The summed E-state index contributed by atoms with van der Waals surface area (Å²) in [6.07, 6.45) is 2.57. The van der Waals surface area contributed by atoms with Gasteiger partial charge in [0.25, 0.3) is 0 Å². The minimum absolute atomic E-state index is 0.0144. The Labute approximate surface area is 112 Å². The standard InChI is InChI=1S/C13H18ClN3O/c14-11-9-10(13(15)16)3-4-12(11)18-8-7-17-5-1-2-6-17/h3-4,9H,1-2,5-8H2,(H3,15,16). The van der Waals surface area contributed by atoms with E-state index in [9.17, 15) is 0 Å². The molecule has 4 nitrogen and oxygen atoms in total. The van der Waals surface area contributed by atoms with E-state index in [4.69, 9.17) is 27.5 Å². The Morgan fingerprint density at radius 2 is 2.11 bits per heavy atom. The molecule has 3 N–H and O–H groups in total. The van der Waals surface area contributed by atoms with E-state index in [2.05, 4.69) is 4.90 Å². The topological polar surface area (TPSA) is 62.3 Å². The van der Waals surface area contributed by atoms with Crippen LogP contribution in [-0.4, -0.2) is 37.0 Å². The minimum atomic E-state index is 0.0144. The Bertz CT molecular complexity index is 430. The van der Waals surface area contributed by atoms with E-state index in [-0.39, 0.29) is 5.84 Å². The van der Waals surface area contributed by atoms with Crippen LogP contribution in [-0.2, 0) is 0 Å². The molecule has 0 radical (unpaired) electrons. The number of amidine groups is 1. The molecule has 0 spiro atoms. The molecule has 2 rings (SSSR count). The fourth-order valence-corrected chi connectivity index (χ4v) is 2.31. The second-order valence-electron chi connectivity index (χ2n) is 4.46. The van der Waals surface area contributed by atoms with Crippen molar-refractivity contribution in [3.05, 3.63) is 28.8 Å². The van der Waals surface area contributed by atoms with Gasteiger partial charge in [-0.3, -0.25) is 10.3 Å². The number of benzene rings is 1. The largest absolute Gasteiger partial charge is 0.491 e. The fraction of sp³-hybridized carbons (Fsp3) is 0.462. The molecule has 0 saturated carbocycles. The summed E-state index contributed by atoms with van der Waals surface area (Å²) in [6.45, 7) is 3.91. The van der Waals surface area contributed by atoms with E-state index >= 15 is 0 Å². The third-order valence-corrected chi connectivity index (χ3v) is 3.40. The number of ether oxygens (including phenoxy) is 1. The van der Waals surface area contributed by atoms with Crippen molar-refractivity contribution >= 4 is 17.4 Å². The molecule has 0 unspecified atom stereocenters. The van der Waals surface area contributed by atoms with Crippen molar-refractivity contribution in [2.45, 2.75) is 12.8 Å². The highest BCUT2D eigenvalue weighted by atomic mass is 35.5. The van der Waals surface area contributed by atoms with Gasteiger partial charge < -0.3 is 10.5 Å². The number of likely N-dealkylation sites (tertiary alicyclic amines) is 1. The predicted octanol–water partition coefficient (Wildman–Crippen LogP) is 2.10. The lowest BCUT2D eigenvalue weighted by Gasteiger charge is -2.15. The second kappa shape index (κ2) is 6.07. The number of halogens is 1. The molecule has 1 heterocycles. The highest BCUT2D eigenvalue weighted by Gasteiger charge is 2.11. The van der Waals surface area contributed by atoms with Crippen molar-refractivity contribution in [3.63, 3.8) is 0 Å². The van der Waals surface area contributed by atoms with Crippen molar-refractivity contribution in [3.8, 4) is 5.75 Å². The molecule has 1 fully saturated rings. The molecular weight excluding hydrogens is 250 g/mol. The van der Waals surface area contributed by atoms with Gasteiger partial charge in [-0.05, 0) is 44.1 Å². The molecular formula is C13H18ClN3O. The van der Waals surface area contributed by atoms with Gasteiger partial charge in [0.05, 0.1) is 5.02 Å². The van der Waals surface area contributed by atoms with E-state index < -0.39 is 0 Å². The van der Waals surface area contributed by atoms with Crippen LogP contribution in [0.5, 0.6) is 5.75 Å². The Hall–Kier alpha value is -1.26. The van der Waals surface area contributed by atoms with Gasteiger partial charge in [0.2, 0.25) is 0 Å². The van der Waals surface area contributed by atoms with Gasteiger partial charge in [-0.1, -0.05) is 11.6 Å². The van der Waals surface area contributed by atoms with E-state index in [1.54, 1.807) is 18.2 Å². The first-order chi connectivity index (χ1) is 8.66. The number of nitrogen functional groups attached to an aromatic ring is 1. The SMILES string of the molecule is N=C(N)c1ccc(OCCN2CCCC2)c(Cl)c1. The van der Waals surface area contributed by atoms with Crippen molar-refractivity contribution in [2.24, 2.45) is 5.73 Å². The van der Waals surface area contributed by atoms with E-state index in [1.807, 2.05) is 0 Å². The number of nitrogens with one attached hydrogen (secondary N) is 1. The van der Waals surface area contributed by atoms with Gasteiger partial charge in [0.15, 0.2) is 0 Å². The average molecular weight is 268 g/mol. The van der Waals surface area contributed by atoms with Crippen molar-refractivity contribution in [2.75, 3.05) is 26.2 Å². The Balaban J connectivity index is 1.87. The molecule has 1 saturated heterocycles. The summed E-state index contributed by atoms with van der Waals surface area (Å²) in [7, 11) is 0. The summed E-state index contributed by atoms with van der Waals surface area (Å²) in [4.78, 5) is 2.39. The molecule has 1 aliphatic heterocycles. The molecule has 0 bridgehead atoms. The maximum absolute atomic E-state index is 7.33. The lowest BCUT2D eigenvalue weighted by molar-refractivity contribution is 0.238. The van der Waals surface area contributed by atoms with Gasteiger partial charge in [-0.25, -0.2) is 0 Å². The smallest absolute Gasteiger partial charge is 0.137 e. The summed E-state index contributed by atoms with van der Waals surface area (Å²) < 4.78 is 5.65. The monoisotopic (exact) mass is 267 g/mol. The second-order valence-corrected chi connectivity index (χ2v) is 4.86. The van der Waals surface area contributed by atoms with Crippen molar-refractivity contribution < 1.29 is 4.74 Å². The van der Waals surface area contributed by atoms with Crippen molar-refractivity contribution in [1.29, 1.82) is 5.41 Å². The summed E-state index contributed by atoms with van der Waals surface area (Å²) in [5.74, 6) is 0.668. The van der Waals surface area contributed by atoms with Gasteiger partial charge in [0.1, 0.15) is 18.2 Å². The van der Waals surface area contributed by atoms with Crippen molar-refractivity contribution in [1.82, 2.24) is 4.90 Å². The zero-order chi connectivity index (χ0) is 13.0. The van der Waals surface area contributed by atoms with E-state index in [0.717, 1.165) is 6.54 Å². The summed E-state index contributed by atoms with van der Waals surface area (Å²) in [5.41, 5.74) is 6.01. The van der Waals surface area contributed by atoms with Gasteiger partial charge in [-0.15, -0.1) is 0 Å². The third kappa shape index (κ3) is 3.37. The van der Waals surface area contributed by atoms with Crippen LogP contribution in [0.2, 0.25) is 5.02 Å². The number of nitrogens with zero attached hydrogens (tertiary/aromatic N) is 1. The molecule has 0 amide bonds. The average Bonchev–Trinajstić information content (AvgIpc) is 2.84. The molecule has 5 heteroatoms. The van der Waals surface area contributed by atoms with Gasteiger partial charge in [0, 0.05) is 12.1 Å². The van der Waals surface area contributed by atoms with Gasteiger partial charge >= 0.3 is 0 Å². The molecule has 0 atom stereocenters. The molecule has 1 aromatic carbocycles. The number of hydrogen-bond donors (Lipinski definition) is 2. The first-order valence-corrected chi connectivity index (χ1v) is 6.54. The van der Waals surface area contributed by atoms with E-state index in [0.29, 0.717) is 22.9 Å². The van der Waals surface area contributed by atoms with Crippen LogP contribution < -0.4 is 10.5 Å². The zero-order valence-corrected chi connectivity index (χ0v) is 11.0. The third-order valence-electron chi connectivity index (χ3n) is 3.11. The molecule has 18 heavy (non-hydrogen) atoms. The lowest BCUT2D eigenvalue weighted by atomic mass is 10.2. The highest BCUT2D eigenvalue weighted by Crippen LogP contribution is 2.25. The van der Waals surface area contributed by atoms with Crippen LogP contribution >= 0.6 is 11.6 Å². The Morgan fingerprint density at radius 3 is 2.72 bits per heavy atom. The van der Waals surface area contributed by atoms with Crippen LogP contribution in [0, 0.1) is 5.41 Å². The number of hydrogen-bond acceptors (Lipinski definition) is 3. The predicted molar refractivity (Wildman–Crippen MR) is 73.6 cm³/mol. The quantitative estimate of drug-likeness (QED) is 0.634. The van der Waals surface area contributed by atoms with Crippen LogP contribution in [0.25, 0.3) is 0 Å². The summed E-state index contributed by atoms with van der Waals surface area (Å²) in [5, 5.41) is 7.83. The molecule has 0 aromatic heterocycles. The molecule has 1 aromatic rings. The van der Waals surface area contributed by atoms with Crippen LogP contribution in [0.1, 0.15) is 18.4 Å². The maximum atomic E-state index is 7.33. The van der Waals surface area contributed by atoms with Crippen LogP contribution in [0.3, 0.4) is 0 Å². The maximum Gasteiger partial charge on any atom is 0.137 e. The minimum Gasteiger partial charge on any atom is -0.491 e. The van der Waals surface area contributed by atoms with Crippen LogP contribution in [0.4, 0.5) is 0 Å². The van der Waals surface area contributed by atoms with Crippen LogP contribution in [0.15, 0.2) is 18.2 Å². The zero-order valence-electron chi connectivity index (χ0n) is 10.3. The highest BCUT2D eigenvalue weighted by molar-refractivity contribution is 6.32. The molecule has 0 aliphatic carbocycles.